The lowest BCUT2D eigenvalue weighted by atomic mass is 9.97. The molecule has 0 aromatic heterocycles. The lowest BCUT2D eigenvalue weighted by Gasteiger charge is -2.15. The monoisotopic (exact) mass is 495 g/mol. The highest BCUT2D eigenvalue weighted by Gasteiger charge is 2.18. The van der Waals surface area contributed by atoms with Crippen LogP contribution in [-0.4, -0.2) is 15.9 Å². The zero-order valence-corrected chi connectivity index (χ0v) is 18.9. The SMILES string of the molecule is Cc1cc(Br)c(O)c(C(CCc2ccc([N+](=O)[O-])cc2)N=Nc2ccc(C(=N)N)cc2)c1. The number of hydrogen-bond acceptors (Lipinski definition) is 6. The number of hydrogen-bond donors (Lipinski definition) is 3. The molecule has 0 saturated heterocycles. The molecule has 0 bridgehead atoms. The number of nitrogens with one attached hydrogen (secondary N) is 1. The van der Waals surface area contributed by atoms with Crippen LogP contribution in [0, 0.1) is 22.4 Å². The summed E-state index contributed by atoms with van der Waals surface area (Å²) < 4.78 is 0.578. The summed E-state index contributed by atoms with van der Waals surface area (Å²) in [6.45, 7) is 1.93. The smallest absolute Gasteiger partial charge is 0.269 e. The first-order chi connectivity index (χ1) is 15.2. The number of benzene rings is 3. The van der Waals surface area contributed by atoms with Crippen molar-refractivity contribution >= 4 is 33.1 Å². The van der Waals surface area contributed by atoms with Gasteiger partial charge in [0.25, 0.3) is 5.69 Å². The molecule has 0 spiro atoms. The molecule has 0 aliphatic heterocycles. The second-order valence-corrected chi connectivity index (χ2v) is 8.19. The molecule has 9 heteroatoms. The van der Waals surface area contributed by atoms with Crippen molar-refractivity contribution < 1.29 is 10.0 Å². The molecule has 8 nitrogen and oxygen atoms in total. The number of aromatic hydroxyl groups is 1. The number of nitrogens with two attached hydrogens (primary N) is 1. The minimum Gasteiger partial charge on any atom is -0.506 e. The van der Waals surface area contributed by atoms with Gasteiger partial charge in [-0.3, -0.25) is 15.5 Å². The molecule has 1 atom stereocenters. The van der Waals surface area contributed by atoms with Crippen molar-refractivity contribution in [1.29, 1.82) is 5.41 Å². The number of azo groups is 1. The Morgan fingerprint density at radius 1 is 1.19 bits per heavy atom. The van der Waals surface area contributed by atoms with E-state index in [9.17, 15) is 15.2 Å². The molecule has 1 unspecified atom stereocenters. The van der Waals surface area contributed by atoms with Crippen LogP contribution in [0.1, 0.15) is 34.7 Å². The Kier molecular flexibility index (Phi) is 7.32. The third-order valence-electron chi connectivity index (χ3n) is 4.94. The molecule has 0 aliphatic rings. The maximum Gasteiger partial charge on any atom is 0.269 e. The van der Waals surface area contributed by atoms with Crippen LogP contribution in [0.15, 0.2) is 75.4 Å². The van der Waals surface area contributed by atoms with Gasteiger partial charge in [0.2, 0.25) is 0 Å². The van der Waals surface area contributed by atoms with Crippen LogP contribution >= 0.6 is 15.9 Å². The predicted molar refractivity (Wildman–Crippen MR) is 127 cm³/mol. The Morgan fingerprint density at radius 3 is 2.44 bits per heavy atom. The fourth-order valence-corrected chi connectivity index (χ4v) is 3.81. The normalized spacial score (nSPS) is 12.1. The molecule has 0 saturated carbocycles. The van der Waals surface area contributed by atoms with Crippen molar-refractivity contribution in [3.8, 4) is 5.75 Å². The molecule has 3 aromatic carbocycles. The van der Waals surface area contributed by atoms with E-state index in [1.807, 2.05) is 19.1 Å². The maximum absolute atomic E-state index is 10.9. The largest absolute Gasteiger partial charge is 0.506 e. The number of nitro groups is 1. The summed E-state index contributed by atoms with van der Waals surface area (Å²) in [4.78, 5) is 10.4. The van der Waals surface area contributed by atoms with E-state index in [-0.39, 0.29) is 17.3 Å². The van der Waals surface area contributed by atoms with Gasteiger partial charge >= 0.3 is 0 Å². The fourth-order valence-electron chi connectivity index (χ4n) is 3.22. The fraction of sp³-hybridized carbons (Fsp3) is 0.174. The van der Waals surface area contributed by atoms with E-state index < -0.39 is 11.0 Å². The van der Waals surface area contributed by atoms with Gasteiger partial charge in [-0.05, 0) is 77.2 Å². The summed E-state index contributed by atoms with van der Waals surface area (Å²) in [7, 11) is 0. The summed E-state index contributed by atoms with van der Waals surface area (Å²) in [5.41, 5.74) is 9.25. The van der Waals surface area contributed by atoms with Crippen LogP contribution in [0.2, 0.25) is 0 Å². The van der Waals surface area contributed by atoms with Gasteiger partial charge in [0, 0.05) is 23.3 Å². The highest BCUT2D eigenvalue weighted by molar-refractivity contribution is 9.10. The Labute approximate surface area is 193 Å². The molecule has 3 rings (SSSR count). The highest BCUT2D eigenvalue weighted by Crippen LogP contribution is 2.37. The van der Waals surface area contributed by atoms with Crippen LogP contribution in [0.4, 0.5) is 11.4 Å². The van der Waals surface area contributed by atoms with Crippen molar-refractivity contribution in [3.63, 3.8) is 0 Å². The number of aryl methyl sites for hydroxylation is 2. The standard InChI is InChI=1S/C23H22BrN5O3/c1-14-12-19(22(30)20(24)13-14)21(11-4-15-2-9-18(10-3-15)29(31)32)28-27-17-7-5-16(6-8-17)23(25)26/h2-3,5-10,12-13,21,30H,4,11H2,1H3,(H3,25,26). The van der Waals surface area contributed by atoms with E-state index in [0.717, 1.165) is 11.1 Å². The molecule has 32 heavy (non-hydrogen) atoms. The average Bonchev–Trinajstić information content (AvgIpc) is 2.77. The van der Waals surface area contributed by atoms with Crippen LogP contribution in [-0.2, 0) is 6.42 Å². The van der Waals surface area contributed by atoms with E-state index in [1.54, 1.807) is 36.4 Å². The summed E-state index contributed by atoms with van der Waals surface area (Å²) in [5, 5.41) is 37.8. The predicted octanol–water partition coefficient (Wildman–Crippen LogP) is 6.11. The van der Waals surface area contributed by atoms with Crippen molar-refractivity contribution in [1.82, 2.24) is 0 Å². The molecular formula is C23H22BrN5O3. The number of phenolic OH excluding ortho intramolecular Hbond substituents is 1. The Morgan fingerprint density at radius 2 is 1.84 bits per heavy atom. The van der Waals surface area contributed by atoms with Gasteiger partial charge in [-0.1, -0.05) is 18.2 Å². The Bertz CT molecular complexity index is 1160. The number of rotatable bonds is 8. The van der Waals surface area contributed by atoms with E-state index in [0.29, 0.717) is 34.1 Å². The molecule has 0 amide bonds. The van der Waals surface area contributed by atoms with Crippen molar-refractivity contribution in [2.75, 3.05) is 0 Å². The van der Waals surface area contributed by atoms with Crippen LogP contribution in [0.5, 0.6) is 5.75 Å². The van der Waals surface area contributed by atoms with Crippen molar-refractivity contribution in [2.45, 2.75) is 25.8 Å². The third kappa shape index (κ3) is 5.76. The minimum absolute atomic E-state index is 0.0241. The second-order valence-electron chi connectivity index (χ2n) is 7.34. The first kappa shape index (κ1) is 23.1. The van der Waals surface area contributed by atoms with Gasteiger partial charge in [-0.25, -0.2) is 0 Å². The second kappa shape index (κ2) is 10.1. The summed E-state index contributed by atoms with van der Waals surface area (Å²) in [6.07, 6.45) is 1.13. The van der Waals surface area contributed by atoms with Crippen LogP contribution in [0.3, 0.4) is 0 Å². The van der Waals surface area contributed by atoms with E-state index in [2.05, 4.69) is 26.2 Å². The lowest BCUT2D eigenvalue weighted by molar-refractivity contribution is -0.384. The summed E-state index contributed by atoms with van der Waals surface area (Å²) in [6, 6.07) is 16.5. The minimum atomic E-state index is -0.436. The van der Waals surface area contributed by atoms with Gasteiger partial charge in [-0.15, -0.1) is 0 Å². The molecule has 164 valence electrons. The number of amidine groups is 1. The zero-order valence-electron chi connectivity index (χ0n) is 17.3. The number of non-ortho nitro benzene ring substituents is 1. The quantitative estimate of drug-likeness (QED) is 0.114. The molecular weight excluding hydrogens is 474 g/mol. The number of phenols is 1. The van der Waals surface area contributed by atoms with Crippen molar-refractivity contribution in [3.05, 3.63) is 97.5 Å². The number of nitrogens with zero attached hydrogens (tertiary/aromatic N) is 3. The summed E-state index contributed by atoms with van der Waals surface area (Å²) in [5.74, 6) is 0.0826. The molecule has 0 fully saturated rings. The first-order valence-corrected chi connectivity index (χ1v) is 10.6. The molecule has 3 aromatic rings. The van der Waals surface area contributed by atoms with Gasteiger partial charge in [0.1, 0.15) is 17.6 Å². The van der Waals surface area contributed by atoms with Crippen molar-refractivity contribution in [2.24, 2.45) is 16.0 Å². The third-order valence-corrected chi connectivity index (χ3v) is 5.55. The zero-order chi connectivity index (χ0) is 23.3. The van der Waals surface area contributed by atoms with Crippen LogP contribution < -0.4 is 5.73 Å². The molecule has 0 radical (unpaired) electrons. The van der Waals surface area contributed by atoms with E-state index in [1.165, 1.54) is 12.1 Å². The lowest BCUT2D eigenvalue weighted by Crippen LogP contribution is -2.10. The summed E-state index contributed by atoms with van der Waals surface area (Å²) >= 11 is 3.38. The maximum atomic E-state index is 10.9. The van der Waals surface area contributed by atoms with E-state index in [4.69, 9.17) is 11.1 Å². The van der Waals surface area contributed by atoms with Gasteiger partial charge < -0.3 is 10.8 Å². The van der Waals surface area contributed by atoms with Gasteiger partial charge in [0.15, 0.2) is 0 Å². The molecule has 0 heterocycles. The Balaban J connectivity index is 1.87. The Hall–Kier alpha value is -3.59. The van der Waals surface area contributed by atoms with Crippen LogP contribution in [0.25, 0.3) is 0 Å². The number of nitro benzene ring substituents is 1. The molecule has 0 aliphatic carbocycles. The van der Waals surface area contributed by atoms with Gasteiger partial charge in [0.05, 0.1) is 15.1 Å². The van der Waals surface area contributed by atoms with E-state index >= 15 is 0 Å². The molecule has 4 N–H and O–H groups in total. The highest BCUT2D eigenvalue weighted by atomic mass is 79.9. The van der Waals surface area contributed by atoms with Gasteiger partial charge in [-0.2, -0.15) is 10.2 Å². The number of halogens is 1. The number of nitrogen functional groups attached to an aromatic ring is 1. The first-order valence-electron chi connectivity index (χ1n) is 9.82. The topological polar surface area (TPSA) is 138 Å². The average molecular weight is 496 g/mol.